The van der Waals surface area contributed by atoms with Crippen LogP contribution in [-0.4, -0.2) is 24.2 Å². The number of halogens is 1. The second kappa shape index (κ2) is 5.31. The number of carboxylic acid groups (broad SMARTS) is 1. The van der Waals surface area contributed by atoms with Crippen LogP contribution < -0.4 is 4.90 Å². The zero-order chi connectivity index (χ0) is 13.2. The second-order valence-corrected chi connectivity index (χ2v) is 6.26. The van der Waals surface area contributed by atoms with Crippen molar-refractivity contribution in [3.05, 3.63) is 28.7 Å². The third-order valence-corrected chi connectivity index (χ3v) is 4.22. The van der Waals surface area contributed by atoms with Crippen molar-refractivity contribution in [3.63, 3.8) is 0 Å². The molecule has 0 spiro atoms. The van der Waals surface area contributed by atoms with Crippen LogP contribution in [0.5, 0.6) is 0 Å². The van der Waals surface area contributed by atoms with Crippen LogP contribution in [0.15, 0.2) is 28.7 Å². The molecule has 0 radical (unpaired) electrons. The van der Waals surface area contributed by atoms with E-state index in [1.807, 2.05) is 12.1 Å². The first-order chi connectivity index (χ1) is 8.48. The first-order valence-corrected chi connectivity index (χ1v) is 7.00. The van der Waals surface area contributed by atoms with Crippen molar-refractivity contribution in [2.45, 2.75) is 26.2 Å². The topological polar surface area (TPSA) is 40.5 Å². The molecule has 1 aromatic carbocycles. The molecule has 98 valence electrons. The third kappa shape index (κ3) is 3.25. The van der Waals surface area contributed by atoms with E-state index in [9.17, 15) is 4.79 Å². The summed E-state index contributed by atoms with van der Waals surface area (Å²) in [6, 6.07) is 8.26. The van der Waals surface area contributed by atoms with E-state index in [1.54, 1.807) is 0 Å². The Labute approximate surface area is 116 Å². The normalized spacial score (nSPS) is 18.7. The molecule has 0 aromatic heterocycles. The lowest BCUT2D eigenvalue weighted by molar-refractivity contribution is -0.139. The zero-order valence-electron chi connectivity index (χ0n) is 10.5. The minimum absolute atomic E-state index is 0.0473. The number of carbonyl (C=O) groups is 1. The maximum atomic E-state index is 10.8. The Balaban J connectivity index is 2.00. The smallest absolute Gasteiger partial charge is 0.303 e. The van der Waals surface area contributed by atoms with E-state index in [2.05, 4.69) is 39.9 Å². The van der Waals surface area contributed by atoms with Gasteiger partial charge in [0.25, 0.3) is 0 Å². The fourth-order valence-corrected chi connectivity index (χ4v) is 2.91. The van der Waals surface area contributed by atoms with E-state index in [1.165, 1.54) is 5.69 Å². The first-order valence-electron chi connectivity index (χ1n) is 6.21. The molecule has 0 saturated carbocycles. The minimum atomic E-state index is -0.687. The van der Waals surface area contributed by atoms with Gasteiger partial charge in [-0.15, -0.1) is 0 Å². The summed E-state index contributed by atoms with van der Waals surface area (Å²) in [5.74, 6) is -0.687. The Bertz CT molecular complexity index is 439. The fourth-order valence-electron chi connectivity index (χ4n) is 2.52. The summed E-state index contributed by atoms with van der Waals surface area (Å²) in [4.78, 5) is 13.2. The van der Waals surface area contributed by atoms with Crippen molar-refractivity contribution >= 4 is 27.6 Å². The molecule has 0 amide bonds. The van der Waals surface area contributed by atoms with Gasteiger partial charge in [-0.25, -0.2) is 0 Å². The summed E-state index contributed by atoms with van der Waals surface area (Å²) in [6.45, 7) is 3.94. The predicted octanol–water partition coefficient (Wildman–Crippen LogP) is 3.53. The monoisotopic (exact) mass is 311 g/mol. The van der Waals surface area contributed by atoms with E-state index < -0.39 is 5.97 Å². The molecule has 0 bridgehead atoms. The van der Waals surface area contributed by atoms with Crippen molar-refractivity contribution in [2.24, 2.45) is 5.41 Å². The summed E-state index contributed by atoms with van der Waals surface area (Å²) in [5.41, 5.74) is 1.16. The summed E-state index contributed by atoms with van der Waals surface area (Å²) in [7, 11) is 0. The number of nitrogens with zero attached hydrogens (tertiary/aromatic N) is 1. The molecule has 0 aliphatic carbocycles. The van der Waals surface area contributed by atoms with E-state index in [0.717, 1.165) is 30.4 Å². The molecule has 1 saturated heterocycles. The lowest BCUT2D eigenvalue weighted by atomic mass is 9.77. The Morgan fingerprint density at radius 2 is 2.11 bits per heavy atom. The number of anilines is 1. The fraction of sp³-hybridized carbons (Fsp3) is 0.500. The molecule has 1 aliphatic heterocycles. The quantitative estimate of drug-likeness (QED) is 0.928. The van der Waals surface area contributed by atoms with Crippen LogP contribution in [0.2, 0.25) is 0 Å². The molecule has 18 heavy (non-hydrogen) atoms. The highest BCUT2D eigenvalue weighted by Gasteiger charge is 2.32. The van der Waals surface area contributed by atoms with Gasteiger partial charge < -0.3 is 10.0 Å². The molecule has 1 N–H and O–H groups in total. The Morgan fingerprint density at radius 3 is 2.67 bits per heavy atom. The van der Waals surface area contributed by atoms with Gasteiger partial charge in [-0.05, 0) is 36.5 Å². The first kappa shape index (κ1) is 13.4. The van der Waals surface area contributed by atoms with Crippen LogP contribution in [0.25, 0.3) is 0 Å². The van der Waals surface area contributed by atoms with Crippen LogP contribution in [0, 0.1) is 5.41 Å². The Kier molecular flexibility index (Phi) is 3.95. The molecule has 0 atom stereocenters. The van der Waals surface area contributed by atoms with E-state index in [-0.39, 0.29) is 11.8 Å². The molecule has 1 fully saturated rings. The van der Waals surface area contributed by atoms with Gasteiger partial charge in [-0.1, -0.05) is 28.9 Å². The average molecular weight is 312 g/mol. The molecule has 4 heteroatoms. The molecule has 1 aromatic rings. The second-order valence-electron chi connectivity index (χ2n) is 5.35. The standard InChI is InChI=1S/C14H18BrNO2/c1-14(10-13(17)18)5-7-16(8-6-14)12-4-2-3-11(15)9-12/h2-4,9H,5-8,10H2,1H3,(H,17,18). The molecule has 1 aliphatic rings. The highest BCUT2D eigenvalue weighted by molar-refractivity contribution is 9.10. The molecular weight excluding hydrogens is 294 g/mol. The van der Waals surface area contributed by atoms with E-state index in [4.69, 9.17) is 5.11 Å². The van der Waals surface area contributed by atoms with Crippen molar-refractivity contribution < 1.29 is 9.90 Å². The summed E-state index contributed by atoms with van der Waals surface area (Å²) >= 11 is 3.48. The highest BCUT2D eigenvalue weighted by Crippen LogP contribution is 2.36. The van der Waals surface area contributed by atoms with E-state index >= 15 is 0 Å². The lowest BCUT2D eigenvalue weighted by Gasteiger charge is -2.39. The van der Waals surface area contributed by atoms with Gasteiger partial charge in [-0.3, -0.25) is 4.79 Å². The highest BCUT2D eigenvalue weighted by atomic mass is 79.9. The van der Waals surface area contributed by atoms with Gasteiger partial charge in [0.2, 0.25) is 0 Å². The number of piperidine rings is 1. The molecule has 3 nitrogen and oxygen atoms in total. The molecular formula is C14H18BrNO2. The summed E-state index contributed by atoms with van der Waals surface area (Å²) in [6.07, 6.45) is 2.15. The van der Waals surface area contributed by atoms with Crippen LogP contribution in [0.3, 0.4) is 0 Å². The van der Waals surface area contributed by atoms with Crippen molar-refractivity contribution in [1.82, 2.24) is 0 Å². The maximum absolute atomic E-state index is 10.8. The van der Waals surface area contributed by atoms with Crippen molar-refractivity contribution in [2.75, 3.05) is 18.0 Å². The van der Waals surface area contributed by atoms with Crippen LogP contribution in [-0.2, 0) is 4.79 Å². The third-order valence-electron chi connectivity index (χ3n) is 3.72. The molecule has 1 heterocycles. The SMILES string of the molecule is CC1(CC(=O)O)CCN(c2cccc(Br)c2)CC1. The number of benzene rings is 1. The van der Waals surface area contributed by atoms with Gasteiger partial charge in [0.1, 0.15) is 0 Å². The van der Waals surface area contributed by atoms with Crippen molar-refractivity contribution in [1.29, 1.82) is 0 Å². The largest absolute Gasteiger partial charge is 0.481 e. The summed E-state index contributed by atoms with van der Waals surface area (Å²) < 4.78 is 1.08. The lowest BCUT2D eigenvalue weighted by Crippen LogP contribution is -2.39. The minimum Gasteiger partial charge on any atom is -0.481 e. The van der Waals surface area contributed by atoms with Gasteiger partial charge in [-0.2, -0.15) is 0 Å². The zero-order valence-corrected chi connectivity index (χ0v) is 12.1. The van der Waals surface area contributed by atoms with Gasteiger partial charge in [0.15, 0.2) is 0 Å². The number of rotatable bonds is 3. The van der Waals surface area contributed by atoms with Gasteiger partial charge >= 0.3 is 5.97 Å². The Morgan fingerprint density at radius 1 is 1.44 bits per heavy atom. The predicted molar refractivity (Wildman–Crippen MR) is 75.9 cm³/mol. The molecule has 2 rings (SSSR count). The number of carboxylic acids is 1. The van der Waals surface area contributed by atoms with Crippen LogP contribution >= 0.6 is 15.9 Å². The van der Waals surface area contributed by atoms with Crippen molar-refractivity contribution in [3.8, 4) is 0 Å². The number of hydrogen-bond acceptors (Lipinski definition) is 2. The maximum Gasteiger partial charge on any atom is 0.303 e. The number of hydrogen-bond donors (Lipinski definition) is 1. The van der Waals surface area contributed by atoms with Crippen LogP contribution in [0.1, 0.15) is 26.2 Å². The van der Waals surface area contributed by atoms with Crippen LogP contribution in [0.4, 0.5) is 5.69 Å². The average Bonchev–Trinajstić information content (AvgIpc) is 2.28. The molecule has 0 unspecified atom stereocenters. The van der Waals surface area contributed by atoms with E-state index in [0.29, 0.717) is 0 Å². The summed E-state index contributed by atoms with van der Waals surface area (Å²) in [5, 5.41) is 8.93. The Hall–Kier alpha value is -1.03. The van der Waals surface area contributed by atoms with Gasteiger partial charge in [0, 0.05) is 23.2 Å². The number of aliphatic carboxylic acids is 1. The van der Waals surface area contributed by atoms with Gasteiger partial charge in [0.05, 0.1) is 6.42 Å².